The van der Waals surface area contributed by atoms with Crippen LogP contribution >= 0.6 is 0 Å². The summed E-state index contributed by atoms with van der Waals surface area (Å²) in [6.45, 7) is 4.34. The van der Waals surface area contributed by atoms with E-state index < -0.39 is 6.04 Å². The van der Waals surface area contributed by atoms with E-state index in [1.54, 1.807) is 0 Å². The molecule has 0 aromatic heterocycles. The summed E-state index contributed by atoms with van der Waals surface area (Å²) in [5.41, 5.74) is 5.60. The quantitative estimate of drug-likeness (QED) is 0.605. The molecule has 0 bridgehead atoms. The van der Waals surface area contributed by atoms with Gasteiger partial charge in [0.1, 0.15) is 0 Å². The summed E-state index contributed by atoms with van der Waals surface area (Å²) >= 11 is 0. The Morgan fingerprint density at radius 1 is 1.62 bits per heavy atom. The third-order valence-electron chi connectivity index (χ3n) is 1.79. The molecule has 74 valence electrons. The number of nitrogens with zero attached hydrogens (tertiary/aromatic N) is 1. The van der Waals surface area contributed by atoms with Crippen molar-refractivity contribution in [2.45, 2.75) is 32.7 Å². The van der Waals surface area contributed by atoms with Crippen LogP contribution in [0.25, 0.3) is 0 Å². The molecule has 0 saturated heterocycles. The van der Waals surface area contributed by atoms with Crippen LogP contribution in [0.2, 0.25) is 0 Å². The smallest absolute Gasteiger partial charge is 0.237 e. The van der Waals surface area contributed by atoms with Gasteiger partial charge in [-0.3, -0.25) is 4.79 Å². The predicted octanol–water partition coefficient (Wildman–Crippen LogP) is 0.390. The number of hydrogen-bond acceptors (Lipinski definition) is 3. The monoisotopic (exact) mass is 183 g/mol. The zero-order valence-electron chi connectivity index (χ0n) is 8.21. The number of nitriles is 1. The maximum atomic E-state index is 11.2. The summed E-state index contributed by atoms with van der Waals surface area (Å²) in [4.78, 5) is 11.2. The van der Waals surface area contributed by atoms with Gasteiger partial charge in [-0.05, 0) is 12.3 Å². The minimum Gasteiger partial charge on any atom is -0.355 e. The van der Waals surface area contributed by atoms with Gasteiger partial charge in [0.15, 0.2) is 0 Å². The Balaban J connectivity index is 3.57. The van der Waals surface area contributed by atoms with Crippen molar-refractivity contribution in [1.29, 1.82) is 5.26 Å². The molecule has 0 rings (SSSR count). The van der Waals surface area contributed by atoms with Gasteiger partial charge in [0.05, 0.1) is 12.1 Å². The summed E-state index contributed by atoms with van der Waals surface area (Å²) in [6.07, 6.45) is 1.16. The number of carbonyl (C=O) groups is 1. The summed E-state index contributed by atoms with van der Waals surface area (Å²) < 4.78 is 0. The maximum absolute atomic E-state index is 11.2. The minimum atomic E-state index is -0.443. The molecule has 0 aliphatic rings. The van der Waals surface area contributed by atoms with Crippen LogP contribution in [-0.4, -0.2) is 18.5 Å². The molecule has 0 saturated carbocycles. The Morgan fingerprint density at radius 3 is 2.69 bits per heavy atom. The normalized spacial score (nSPS) is 12.2. The Kier molecular flexibility index (Phi) is 5.90. The molecule has 0 aliphatic heterocycles. The number of unbranched alkanes of at least 4 members (excludes halogenated alkanes) is 1. The van der Waals surface area contributed by atoms with Crippen molar-refractivity contribution < 1.29 is 4.79 Å². The third-order valence-corrected chi connectivity index (χ3v) is 1.79. The molecule has 0 radical (unpaired) electrons. The molecule has 0 aromatic carbocycles. The highest BCUT2D eigenvalue weighted by molar-refractivity contribution is 5.81. The zero-order chi connectivity index (χ0) is 10.3. The molecule has 0 spiro atoms. The molecule has 0 heterocycles. The molecule has 0 fully saturated rings. The second-order valence-corrected chi connectivity index (χ2v) is 3.32. The molecule has 13 heavy (non-hydrogen) atoms. The van der Waals surface area contributed by atoms with Gasteiger partial charge in [0, 0.05) is 13.0 Å². The lowest BCUT2D eigenvalue weighted by Gasteiger charge is -2.14. The Morgan fingerprint density at radius 2 is 2.23 bits per heavy atom. The van der Waals surface area contributed by atoms with Gasteiger partial charge in [-0.2, -0.15) is 5.26 Å². The first kappa shape index (κ1) is 11.9. The van der Waals surface area contributed by atoms with E-state index in [-0.39, 0.29) is 11.8 Å². The number of amides is 1. The van der Waals surface area contributed by atoms with Gasteiger partial charge in [0.2, 0.25) is 5.91 Å². The zero-order valence-corrected chi connectivity index (χ0v) is 8.21. The van der Waals surface area contributed by atoms with Gasteiger partial charge >= 0.3 is 0 Å². The molecule has 0 aromatic rings. The van der Waals surface area contributed by atoms with Crippen molar-refractivity contribution in [1.82, 2.24) is 5.32 Å². The highest BCUT2D eigenvalue weighted by Crippen LogP contribution is 1.97. The Hall–Kier alpha value is -1.08. The average Bonchev–Trinajstić information content (AvgIpc) is 2.10. The van der Waals surface area contributed by atoms with E-state index in [4.69, 9.17) is 11.0 Å². The first-order chi connectivity index (χ1) is 6.09. The predicted molar refractivity (Wildman–Crippen MR) is 50.7 cm³/mol. The van der Waals surface area contributed by atoms with E-state index in [2.05, 4.69) is 5.32 Å². The second-order valence-electron chi connectivity index (χ2n) is 3.32. The fourth-order valence-corrected chi connectivity index (χ4v) is 0.800. The molecule has 1 amide bonds. The number of rotatable bonds is 5. The van der Waals surface area contributed by atoms with Crippen LogP contribution in [0.3, 0.4) is 0 Å². The second kappa shape index (κ2) is 6.44. The van der Waals surface area contributed by atoms with Gasteiger partial charge in [-0.15, -0.1) is 0 Å². The van der Waals surface area contributed by atoms with Crippen molar-refractivity contribution in [3.8, 4) is 6.07 Å². The Bertz CT molecular complexity index is 196. The molecule has 4 nitrogen and oxygen atoms in total. The van der Waals surface area contributed by atoms with Gasteiger partial charge in [-0.1, -0.05) is 13.8 Å². The van der Waals surface area contributed by atoms with Crippen LogP contribution in [0.4, 0.5) is 0 Å². The lowest BCUT2D eigenvalue weighted by molar-refractivity contribution is -0.123. The number of hydrogen-bond donors (Lipinski definition) is 2. The molecule has 3 N–H and O–H groups in total. The SMILES string of the molecule is CC(C)C(N)C(=O)NCCCC#N. The van der Waals surface area contributed by atoms with Crippen LogP contribution in [0.5, 0.6) is 0 Å². The third kappa shape index (κ3) is 5.21. The van der Waals surface area contributed by atoms with Crippen molar-refractivity contribution in [2.24, 2.45) is 11.7 Å². The standard InChI is InChI=1S/C9H17N3O/c1-7(2)8(11)9(13)12-6-4-3-5-10/h7-8H,3-4,6,11H2,1-2H3,(H,12,13). The largest absolute Gasteiger partial charge is 0.355 e. The van der Waals surface area contributed by atoms with Crippen molar-refractivity contribution in [2.75, 3.05) is 6.54 Å². The fraction of sp³-hybridized carbons (Fsp3) is 0.778. The lowest BCUT2D eigenvalue weighted by Crippen LogP contribution is -2.44. The van der Waals surface area contributed by atoms with Crippen LogP contribution in [-0.2, 0) is 4.79 Å². The average molecular weight is 183 g/mol. The first-order valence-corrected chi connectivity index (χ1v) is 4.49. The molecule has 0 aliphatic carbocycles. The van der Waals surface area contributed by atoms with Crippen LogP contribution in [0.1, 0.15) is 26.7 Å². The van der Waals surface area contributed by atoms with E-state index in [1.807, 2.05) is 19.9 Å². The lowest BCUT2D eigenvalue weighted by atomic mass is 10.1. The van der Waals surface area contributed by atoms with Gasteiger partial charge in [0.25, 0.3) is 0 Å². The van der Waals surface area contributed by atoms with E-state index in [0.717, 1.165) is 0 Å². The molecular weight excluding hydrogens is 166 g/mol. The van der Waals surface area contributed by atoms with Gasteiger partial charge in [-0.25, -0.2) is 0 Å². The number of carbonyl (C=O) groups excluding carboxylic acids is 1. The minimum absolute atomic E-state index is 0.132. The summed E-state index contributed by atoms with van der Waals surface area (Å²) in [5.74, 6) is 0.0175. The van der Waals surface area contributed by atoms with E-state index in [0.29, 0.717) is 19.4 Å². The van der Waals surface area contributed by atoms with E-state index in [9.17, 15) is 4.79 Å². The molecular formula is C9H17N3O. The molecule has 1 atom stereocenters. The summed E-state index contributed by atoms with van der Waals surface area (Å²) in [5, 5.41) is 10.9. The highest BCUT2D eigenvalue weighted by Gasteiger charge is 2.15. The van der Waals surface area contributed by atoms with Crippen molar-refractivity contribution in [3.63, 3.8) is 0 Å². The fourth-order valence-electron chi connectivity index (χ4n) is 0.800. The van der Waals surface area contributed by atoms with Crippen molar-refractivity contribution in [3.05, 3.63) is 0 Å². The number of nitrogens with two attached hydrogens (primary N) is 1. The van der Waals surface area contributed by atoms with Crippen LogP contribution in [0, 0.1) is 17.2 Å². The van der Waals surface area contributed by atoms with Crippen LogP contribution in [0.15, 0.2) is 0 Å². The first-order valence-electron chi connectivity index (χ1n) is 4.49. The van der Waals surface area contributed by atoms with E-state index >= 15 is 0 Å². The topological polar surface area (TPSA) is 78.9 Å². The van der Waals surface area contributed by atoms with Gasteiger partial charge < -0.3 is 11.1 Å². The summed E-state index contributed by atoms with van der Waals surface area (Å²) in [7, 11) is 0. The highest BCUT2D eigenvalue weighted by atomic mass is 16.2. The van der Waals surface area contributed by atoms with Crippen LogP contribution < -0.4 is 11.1 Å². The van der Waals surface area contributed by atoms with Crippen molar-refractivity contribution >= 4 is 5.91 Å². The number of nitrogens with one attached hydrogen (secondary N) is 1. The molecule has 4 heteroatoms. The van der Waals surface area contributed by atoms with E-state index in [1.165, 1.54) is 0 Å². The Labute approximate surface area is 79.1 Å². The summed E-state index contributed by atoms with van der Waals surface area (Å²) in [6, 6.07) is 1.57. The maximum Gasteiger partial charge on any atom is 0.237 e. The molecule has 1 unspecified atom stereocenters.